The first-order valence-corrected chi connectivity index (χ1v) is 6.71. The zero-order valence-electron chi connectivity index (χ0n) is 12.2. The van der Waals surface area contributed by atoms with Gasteiger partial charge in [-0.25, -0.2) is 18.5 Å². The van der Waals surface area contributed by atoms with Crippen LogP contribution in [0, 0.1) is 25.1 Å². The molecule has 22 heavy (non-hydrogen) atoms. The number of carbonyl (C=O) groups is 1. The standard InChI is InChI=1S/C14H14ClFN4O2/c1-7-5-11(8(2)4-9(7)15)18-13(21)20-6-10(16)12(17)19(3)14(20)22/h4-6,17H,1-3H3,(H,18,21). The van der Waals surface area contributed by atoms with E-state index >= 15 is 0 Å². The molecule has 2 rings (SSSR count). The van der Waals surface area contributed by atoms with Crippen LogP contribution in [0.1, 0.15) is 11.1 Å². The van der Waals surface area contributed by atoms with Gasteiger partial charge in [-0.15, -0.1) is 0 Å². The van der Waals surface area contributed by atoms with Gasteiger partial charge in [-0.05, 0) is 37.1 Å². The van der Waals surface area contributed by atoms with Crippen molar-refractivity contribution < 1.29 is 9.18 Å². The molecule has 0 aliphatic heterocycles. The summed E-state index contributed by atoms with van der Waals surface area (Å²) in [5.41, 5.74) is 0.531. The highest BCUT2D eigenvalue weighted by Gasteiger charge is 2.14. The number of nitrogens with zero attached hydrogens (tertiary/aromatic N) is 2. The normalized spacial score (nSPS) is 10.6. The number of halogens is 2. The van der Waals surface area contributed by atoms with Crippen molar-refractivity contribution in [2.24, 2.45) is 7.05 Å². The number of benzene rings is 1. The molecule has 2 aromatic rings. The molecular weight excluding hydrogens is 311 g/mol. The summed E-state index contributed by atoms with van der Waals surface area (Å²) in [7, 11) is 1.22. The maximum atomic E-state index is 13.5. The van der Waals surface area contributed by atoms with Crippen molar-refractivity contribution in [1.82, 2.24) is 9.13 Å². The Labute approximate surface area is 130 Å². The van der Waals surface area contributed by atoms with Crippen LogP contribution >= 0.6 is 11.6 Å². The van der Waals surface area contributed by atoms with Crippen molar-refractivity contribution in [3.05, 3.63) is 56.3 Å². The quantitative estimate of drug-likeness (QED) is 0.843. The molecule has 1 heterocycles. The Kier molecular flexibility index (Phi) is 4.18. The second-order valence-electron chi connectivity index (χ2n) is 4.88. The van der Waals surface area contributed by atoms with Crippen LogP contribution < -0.4 is 16.5 Å². The van der Waals surface area contributed by atoms with Crippen molar-refractivity contribution in [2.75, 3.05) is 5.32 Å². The van der Waals surface area contributed by atoms with E-state index in [0.717, 1.165) is 10.1 Å². The highest BCUT2D eigenvalue weighted by Crippen LogP contribution is 2.24. The molecule has 8 heteroatoms. The maximum Gasteiger partial charge on any atom is 0.337 e. The molecule has 1 amide bonds. The molecule has 116 valence electrons. The van der Waals surface area contributed by atoms with Crippen molar-refractivity contribution in [3.63, 3.8) is 0 Å². The molecular formula is C14H14ClFN4O2. The first-order valence-electron chi connectivity index (χ1n) is 6.33. The highest BCUT2D eigenvalue weighted by molar-refractivity contribution is 6.31. The van der Waals surface area contributed by atoms with Crippen LogP contribution in [0.15, 0.2) is 23.1 Å². The molecule has 2 N–H and O–H groups in total. The summed E-state index contributed by atoms with van der Waals surface area (Å²) < 4.78 is 14.9. The van der Waals surface area contributed by atoms with E-state index in [1.54, 1.807) is 26.0 Å². The Morgan fingerprint density at radius 2 is 1.95 bits per heavy atom. The maximum absolute atomic E-state index is 13.5. The van der Waals surface area contributed by atoms with Crippen molar-refractivity contribution in [3.8, 4) is 0 Å². The first kappa shape index (κ1) is 16.0. The molecule has 1 aromatic carbocycles. The zero-order valence-corrected chi connectivity index (χ0v) is 13.0. The summed E-state index contributed by atoms with van der Waals surface area (Å²) in [6.07, 6.45) is 0.693. The monoisotopic (exact) mass is 324 g/mol. The topological polar surface area (TPSA) is 79.9 Å². The summed E-state index contributed by atoms with van der Waals surface area (Å²) in [6.45, 7) is 3.52. The van der Waals surface area contributed by atoms with Crippen LogP contribution in [0.5, 0.6) is 0 Å². The minimum atomic E-state index is -0.971. The predicted molar refractivity (Wildman–Crippen MR) is 80.8 cm³/mol. The van der Waals surface area contributed by atoms with Crippen LogP contribution in [0.3, 0.4) is 0 Å². The molecule has 6 nitrogen and oxygen atoms in total. The van der Waals surface area contributed by atoms with E-state index in [0.29, 0.717) is 27.0 Å². The highest BCUT2D eigenvalue weighted by atomic mass is 35.5. The molecule has 0 saturated carbocycles. The van der Waals surface area contributed by atoms with E-state index in [4.69, 9.17) is 17.0 Å². The average molecular weight is 325 g/mol. The van der Waals surface area contributed by atoms with E-state index in [2.05, 4.69) is 5.32 Å². The molecule has 0 aliphatic rings. The summed E-state index contributed by atoms with van der Waals surface area (Å²) in [6, 6.07) is 2.53. The van der Waals surface area contributed by atoms with E-state index in [1.807, 2.05) is 0 Å². The number of carbonyl (C=O) groups excluding carboxylic acids is 1. The number of hydrogen-bond acceptors (Lipinski definition) is 3. The van der Waals surface area contributed by atoms with Crippen LogP contribution in [0.4, 0.5) is 14.9 Å². The third kappa shape index (κ3) is 2.80. The van der Waals surface area contributed by atoms with Gasteiger partial charge in [0.2, 0.25) is 0 Å². The van der Waals surface area contributed by atoms with Crippen LogP contribution in [0.25, 0.3) is 0 Å². The smallest absolute Gasteiger partial charge is 0.307 e. The second kappa shape index (κ2) is 5.76. The molecule has 0 bridgehead atoms. The number of amides is 1. The van der Waals surface area contributed by atoms with E-state index in [-0.39, 0.29) is 0 Å². The number of aromatic nitrogens is 2. The Morgan fingerprint density at radius 1 is 1.32 bits per heavy atom. The molecule has 0 radical (unpaired) electrons. The lowest BCUT2D eigenvalue weighted by molar-refractivity contribution is 0.251. The number of anilines is 1. The van der Waals surface area contributed by atoms with Gasteiger partial charge in [-0.3, -0.25) is 9.98 Å². The van der Waals surface area contributed by atoms with Crippen LogP contribution in [0.2, 0.25) is 5.02 Å². The van der Waals surface area contributed by atoms with Crippen LogP contribution in [-0.4, -0.2) is 15.2 Å². The molecule has 0 fully saturated rings. The minimum absolute atomic E-state index is 0.469. The number of rotatable bonds is 1. The first-order chi connectivity index (χ1) is 10.2. The lowest BCUT2D eigenvalue weighted by atomic mass is 10.1. The lowest BCUT2D eigenvalue weighted by Crippen LogP contribution is -2.43. The SMILES string of the molecule is Cc1cc(NC(=O)n2cc(F)c(=N)n(C)c2=O)c(C)cc1Cl. The van der Waals surface area contributed by atoms with Gasteiger partial charge in [-0.2, -0.15) is 0 Å². The zero-order chi connectivity index (χ0) is 16.6. The third-order valence-corrected chi connectivity index (χ3v) is 3.67. The molecule has 0 saturated heterocycles. The average Bonchev–Trinajstić information content (AvgIpc) is 2.46. The van der Waals surface area contributed by atoms with E-state index < -0.39 is 23.0 Å². The van der Waals surface area contributed by atoms with E-state index in [9.17, 15) is 14.0 Å². The summed E-state index contributed by atoms with van der Waals surface area (Å²) in [4.78, 5) is 24.1. The van der Waals surface area contributed by atoms with Gasteiger partial charge in [0.1, 0.15) is 0 Å². The van der Waals surface area contributed by atoms with Gasteiger partial charge in [0.25, 0.3) is 0 Å². The molecule has 0 unspecified atom stereocenters. The van der Waals surface area contributed by atoms with Crippen molar-refractivity contribution >= 4 is 23.3 Å². The van der Waals surface area contributed by atoms with Gasteiger partial charge in [0, 0.05) is 17.8 Å². The Balaban J connectivity index is 2.45. The number of aryl methyl sites for hydroxylation is 2. The van der Waals surface area contributed by atoms with Gasteiger partial charge in [0.15, 0.2) is 11.3 Å². The van der Waals surface area contributed by atoms with Gasteiger partial charge >= 0.3 is 11.7 Å². The Morgan fingerprint density at radius 3 is 2.59 bits per heavy atom. The number of nitrogens with one attached hydrogen (secondary N) is 2. The van der Waals surface area contributed by atoms with Gasteiger partial charge in [-0.1, -0.05) is 11.6 Å². The fourth-order valence-corrected chi connectivity index (χ4v) is 2.10. The summed E-state index contributed by atoms with van der Waals surface area (Å²) in [5, 5.41) is 10.5. The number of hydrogen-bond donors (Lipinski definition) is 2. The predicted octanol–water partition coefficient (Wildman–Crippen LogP) is 2.16. The molecule has 0 spiro atoms. The van der Waals surface area contributed by atoms with Gasteiger partial charge in [0.05, 0.1) is 6.20 Å². The van der Waals surface area contributed by atoms with E-state index in [1.165, 1.54) is 7.05 Å². The third-order valence-electron chi connectivity index (χ3n) is 3.26. The fraction of sp³-hybridized carbons (Fsp3) is 0.214. The van der Waals surface area contributed by atoms with Crippen molar-refractivity contribution in [2.45, 2.75) is 13.8 Å². The molecule has 1 aromatic heterocycles. The second-order valence-corrected chi connectivity index (χ2v) is 5.29. The Bertz CT molecular complexity index is 886. The summed E-state index contributed by atoms with van der Waals surface area (Å²) in [5.74, 6) is -0.971. The molecule has 0 aliphatic carbocycles. The minimum Gasteiger partial charge on any atom is -0.307 e. The molecule has 0 atom stereocenters. The summed E-state index contributed by atoms with van der Waals surface area (Å²) >= 11 is 5.98. The lowest BCUT2D eigenvalue weighted by Gasteiger charge is -2.12. The van der Waals surface area contributed by atoms with Gasteiger partial charge < -0.3 is 5.32 Å². The largest absolute Gasteiger partial charge is 0.337 e. The fourth-order valence-electron chi connectivity index (χ4n) is 1.88. The van der Waals surface area contributed by atoms with Crippen molar-refractivity contribution in [1.29, 1.82) is 5.41 Å². The van der Waals surface area contributed by atoms with Crippen LogP contribution in [-0.2, 0) is 7.05 Å². The Hall–Kier alpha value is -2.41.